The van der Waals surface area contributed by atoms with Crippen LogP contribution in [-0.4, -0.2) is 51.7 Å². The number of piperazine rings is 1. The van der Waals surface area contributed by atoms with E-state index in [9.17, 15) is 4.79 Å². The van der Waals surface area contributed by atoms with Crippen LogP contribution in [0.25, 0.3) is 5.69 Å². The van der Waals surface area contributed by atoms with Gasteiger partial charge in [-0.25, -0.2) is 4.68 Å². The minimum Gasteiger partial charge on any atom is -0.336 e. The fraction of sp³-hybridized carbons (Fsp3) is 0.238. The van der Waals surface area contributed by atoms with Crippen LogP contribution in [-0.2, 0) is 6.54 Å². The van der Waals surface area contributed by atoms with E-state index in [1.807, 2.05) is 47.5 Å². The van der Waals surface area contributed by atoms with E-state index in [4.69, 9.17) is 0 Å². The number of nitrogens with zero attached hydrogens (tertiary/aromatic N) is 4. The standard InChI is InChI=1S/C21H22N4O/c26-21(19-9-4-5-10-20(19)25-12-6-11-22-25)24-15-13-23(14-16-24)17-18-7-2-1-3-8-18/h1-12H,13-17H2. The Morgan fingerprint density at radius 1 is 0.885 bits per heavy atom. The lowest BCUT2D eigenvalue weighted by atomic mass is 10.1. The molecule has 0 unspecified atom stereocenters. The summed E-state index contributed by atoms with van der Waals surface area (Å²) in [5.74, 6) is 0.0791. The van der Waals surface area contributed by atoms with Crippen molar-refractivity contribution in [1.82, 2.24) is 19.6 Å². The van der Waals surface area contributed by atoms with Crippen molar-refractivity contribution in [2.75, 3.05) is 26.2 Å². The Kier molecular flexibility index (Phi) is 4.80. The monoisotopic (exact) mass is 346 g/mol. The minimum atomic E-state index is 0.0791. The molecule has 1 aliphatic heterocycles. The highest BCUT2D eigenvalue weighted by Crippen LogP contribution is 2.17. The molecule has 5 nitrogen and oxygen atoms in total. The van der Waals surface area contributed by atoms with Gasteiger partial charge >= 0.3 is 0 Å². The molecule has 2 aromatic carbocycles. The largest absolute Gasteiger partial charge is 0.336 e. The van der Waals surface area contributed by atoms with Gasteiger partial charge in [-0.05, 0) is 23.8 Å². The molecule has 0 saturated carbocycles. The van der Waals surface area contributed by atoms with E-state index in [0.717, 1.165) is 38.4 Å². The first-order valence-corrected chi connectivity index (χ1v) is 8.96. The number of para-hydroxylation sites is 1. The van der Waals surface area contributed by atoms with Crippen LogP contribution in [0.3, 0.4) is 0 Å². The van der Waals surface area contributed by atoms with Gasteiger partial charge in [-0.15, -0.1) is 0 Å². The Labute approximate surface area is 153 Å². The first-order chi connectivity index (χ1) is 12.8. The molecule has 0 bridgehead atoms. The molecule has 2 heterocycles. The molecule has 0 aliphatic carbocycles. The summed E-state index contributed by atoms with van der Waals surface area (Å²) in [5, 5.41) is 4.27. The van der Waals surface area contributed by atoms with Crippen molar-refractivity contribution >= 4 is 5.91 Å². The summed E-state index contributed by atoms with van der Waals surface area (Å²) < 4.78 is 1.75. The Morgan fingerprint density at radius 2 is 1.62 bits per heavy atom. The zero-order valence-electron chi connectivity index (χ0n) is 14.7. The quantitative estimate of drug-likeness (QED) is 0.729. The molecule has 3 aromatic rings. The van der Waals surface area contributed by atoms with Crippen LogP contribution in [0.4, 0.5) is 0 Å². The number of carbonyl (C=O) groups excluding carboxylic acids is 1. The SMILES string of the molecule is O=C(c1ccccc1-n1cccn1)N1CCN(Cc2ccccc2)CC1. The zero-order valence-corrected chi connectivity index (χ0v) is 14.7. The van der Waals surface area contributed by atoms with Crippen molar-refractivity contribution in [2.24, 2.45) is 0 Å². The number of hydrogen-bond donors (Lipinski definition) is 0. The fourth-order valence-electron chi connectivity index (χ4n) is 3.39. The molecular weight excluding hydrogens is 324 g/mol. The summed E-state index contributed by atoms with van der Waals surface area (Å²) in [6, 6.07) is 20.0. The maximum Gasteiger partial charge on any atom is 0.256 e. The van der Waals surface area contributed by atoms with Crippen molar-refractivity contribution in [3.8, 4) is 5.69 Å². The number of rotatable bonds is 4. The first-order valence-electron chi connectivity index (χ1n) is 8.96. The highest BCUT2D eigenvalue weighted by Gasteiger charge is 2.24. The summed E-state index contributed by atoms with van der Waals surface area (Å²) in [5.41, 5.74) is 2.85. The molecule has 26 heavy (non-hydrogen) atoms. The third-order valence-electron chi connectivity index (χ3n) is 4.79. The molecule has 0 atom stereocenters. The van der Waals surface area contributed by atoms with Crippen molar-refractivity contribution in [3.05, 3.63) is 84.2 Å². The number of hydrogen-bond acceptors (Lipinski definition) is 3. The summed E-state index contributed by atoms with van der Waals surface area (Å²) in [6.07, 6.45) is 3.59. The number of carbonyl (C=O) groups is 1. The van der Waals surface area contributed by atoms with Crippen LogP contribution in [0.15, 0.2) is 73.1 Å². The summed E-state index contributed by atoms with van der Waals surface area (Å²) in [7, 11) is 0. The first kappa shape index (κ1) is 16.5. The molecule has 1 fully saturated rings. The number of amides is 1. The second-order valence-electron chi connectivity index (χ2n) is 6.52. The second kappa shape index (κ2) is 7.54. The average Bonchev–Trinajstić information content (AvgIpc) is 3.24. The number of aromatic nitrogens is 2. The third kappa shape index (κ3) is 3.53. The molecule has 1 aliphatic rings. The van der Waals surface area contributed by atoms with E-state index in [2.05, 4.69) is 34.3 Å². The smallest absolute Gasteiger partial charge is 0.256 e. The van der Waals surface area contributed by atoms with Crippen molar-refractivity contribution in [3.63, 3.8) is 0 Å². The highest BCUT2D eigenvalue weighted by molar-refractivity contribution is 5.97. The van der Waals surface area contributed by atoms with Crippen molar-refractivity contribution < 1.29 is 4.79 Å². The predicted molar refractivity (Wildman–Crippen MR) is 101 cm³/mol. The van der Waals surface area contributed by atoms with Gasteiger partial charge in [0.15, 0.2) is 0 Å². The van der Waals surface area contributed by atoms with Gasteiger partial charge in [0, 0.05) is 45.1 Å². The fourth-order valence-corrected chi connectivity index (χ4v) is 3.39. The summed E-state index contributed by atoms with van der Waals surface area (Å²) in [4.78, 5) is 17.4. The van der Waals surface area contributed by atoms with E-state index in [1.165, 1.54) is 5.56 Å². The van der Waals surface area contributed by atoms with E-state index in [1.54, 1.807) is 10.9 Å². The van der Waals surface area contributed by atoms with Crippen molar-refractivity contribution in [2.45, 2.75) is 6.54 Å². The van der Waals surface area contributed by atoms with Gasteiger partial charge in [0.05, 0.1) is 11.3 Å². The zero-order chi connectivity index (χ0) is 17.8. The molecule has 1 amide bonds. The molecule has 4 rings (SSSR count). The van der Waals surface area contributed by atoms with Crippen LogP contribution in [0.1, 0.15) is 15.9 Å². The van der Waals surface area contributed by atoms with Gasteiger partial charge in [-0.3, -0.25) is 9.69 Å². The molecule has 0 radical (unpaired) electrons. The van der Waals surface area contributed by atoms with Gasteiger partial charge in [0.25, 0.3) is 5.91 Å². The summed E-state index contributed by atoms with van der Waals surface area (Å²) in [6.45, 7) is 4.22. The summed E-state index contributed by atoms with van der Waals surface area (Å²) >= 11 is 0. The second-order valence-corrected chi connectivity index (χ2v) is 6.52. The lowest BCUT2D eigenvalue weighted by molar-refractivity contribution is 0.0628. The van der Waals surface area contributed by atoms with Gasteiger partial charge in [-0.2, -0.15) is 5.10 Å². The predicted octanol–water partition coefficient (Wildman–Crippen LogP) is 2.83. The van der Waals surface area contributed by atoms with Gasteiger partial charge in [-0.1, -0.05) is 42.5 Å². The normalized spacial score (nSPS) is 15.2. The van der Waals surface area contributed by atoms with E-state index in [0.29, 0.717) is 5.56 Å². The third-order valence-corrected chi connectivity index (χ3v) is 4.79. The van der Waals surface area contributed by atoms with Gasteiger partial charge in [0.1, 0.15) is 0 Å². The van der Waals surface area contributed by atoms with Crippen LogP contribution < -0.4 is 0 Å². The van der Waals surface area contributed by atoms with Crippen LogP contribution in [0.2, 0.25) is 0 Å². The van der Waals surface area contributed by atoms with Crippen LogP contribution in [0, 0.1) is 0 Å². The number of benzene rings is 2. The Balaban J connectivity index is 1.43. The van der Waals surface area contributed by atoms with Crippen LogP contribution >= 0.6 is 0 Å². The highest BCUT2D eigenvalue weighted by atomic mass is 16.2. The molecule has 132 valence electrons. The van der Waals surface area contributed by atoms with Crippen LogP contribution in [0.5, 0.6) is 0 Å². The Morgan fingerprint density at radius 3 is 2.35 bits per heavy atom. The molecule has 5 heteroatoms. The maximum absolute atomic E-state index is 13.0. The topological polar surface area (TPSA) is 41.4 Å². The molecule has 1 aromatic heterocycles. The molecular formula is C21H22N4O. The average molecular weight is 346 g/mol. The minimum absolute atomic E-state index is 0.0791. The molecule has 1 saturated heterocycles. The lowest BCUT2D eigenvalue weighted by Gasteiger charge is -2.35. The van der Waals surface area contributed by atoms with Gasteiger partial charge < -0.3 is 4.90 Å². The lowest BCUT2D eigenvalue weighted by Crippen LogP contribution is -2.48. The molecule has 0 spiro atoms. The van der Waals surface area contributed by atoms with Crippen molar-refractivity contribution in [1.29, 1.82) is 0 Å². The Hall–Kier alpha value is -2.92. The molecule has 0 N–H and O–H groups in total. The Bertz CT molecular complexity index is 853. The maximum atomic E-state index is 13.0. The van der Waals surface area contributed by atoms with E-state index >= 15 is 0 Å². The van der Waals surface area contributed by atoms with E-state index in [-0.39, 0.29) is 5.91 Å². The van der Waals surface area contributed by atoms with E-state index < -0.39 is 0 Å². The van der Waals surface area contributed by atoms with Gasteiger partial charge in [0.2, 0.25) is 0 Å².